The number of hydrogen-bond donors (Lipinski definition) is 3. The van der Waals surface area contributed by atoms with Crippen molar-refractivity contribution >= 4 is 38.3 Å². The molecule has 0 amide bonds. The molecule has 0 saturated carbocycles. The van der Waals surface area contributed by atoms with Crippen LogP contribution < -0.4 is 5.73 Å². The SMILES string of the molecule is CCCCCC(N)=C[CH2][Na].O=S(=O)(O)O. The van der Waals surface area contributed by atoms with Gasteiger partial charge < -0.3 is 0 Å². The molecule has 4 N–H and O–H groups in total. The summed E-state index contributed by atoms with van der Waals surface area (Å²) in [4.78, 5) is 0. The molecule has 0 aromatic rings. The van der Waals surface area contributed by atoms with Gasteiger partial charge in [-0.2, -0.15) is 8.42 Å². The van der Waals surface area contributed by atoms with E-state index in [2.05, 4.69) is 13.0 Å². The summed E-state index contributed by atoms with van der Waals surface area (Å²) in [7, 11) is -4.67. The molecule has 0 aromatic heterocycles. The van der Waals surface area contributed by atoms with Crippen LogP contribution in [0.3, 0.4) is 0 Å². The minimum absolute atomic E-state index is 1.10. The molecular weight excluding hydrogens is 229 g/mol. The second-order valence-electron chi connectivity index (χ2n) is 3.09. The quantitative estimate of drug-likeness (QED) is 0.386. The molecule has 0 aliphatic heterocycles. The third-order valence-corrected chi connectivity index (χ3v) is 1.94. The first-order valence-corrected chi connectivity index (χ1v) is 7.76. The van der Waals surface area contributed by atoms with Gasteiger partial charge in [0.2, 0.25) is 0 Å². The van der Waals surface area contributed by atoms with Crippen LogP contribution in [0.25, 0.3) is 0 Å². The summed E-state index contributed by atoms with van der Waals surface area (Å²) in [5, 5.41) is 0. The molecule has 7 heteroatoms. The van der Waals surface area contributed by atoms with Crippen LogP contribution in [0.4, 0.5) is 0 Å². The summed E-state index contributed by atoms with van der Waals surface area (Å²) in [6.45, 7) is 2.21. The van der Waals surface area contributed by atoms with Gasteiger partial charge in [0.05, 0.1) is 0 Å². The van der Waals surface area contributed by atoms with E-state index in [0.29, 0.717) is 0 Å². The molecule has 15 heavy (non-hydrogen) atoms. The Balaban J connectivity index is 0. The predicted octanol–water partition coefficient (Wildman–Crippen LogP) is 1.34. The van der Waals surface area contributed by atoms with Crippen LogP contribution in [-0.2, 0) is 10.4 Å². The number of hydrogen-bond acceptors (Lipinski definition) is 3. The molecule has 0 heterocycles. The van der Waals surface area contributed by atoms with Crippen molar-refractivity contribution in [2.45, 2.75) is 36.3 Å². The van der Waals surface area contributed by atoms with Crippen LogP contribution in [0.15, 0.2) is 11.8 Å². The average Bonchev–Trinajstić information content (AvgIpc) is 2.02. The molecule has 0 fully saturated rings. The van der Waals surface area contributed by atoms with E-state index in [4.69, 9.17) is 23.3 Å². The van der Waals surface area contributed by atoms with Crippen molar-refractivity contribution in [3.8, 4) is 0 Å². The van der Waals surface area contributed by atoms with E-state index in [1.807, 2.05) is 0 Å². The van der Waals surface area contributed by atoms with E-state index >= 15 is 0 Å². The summed E-state index contributed by atoms with van der Waals surface area (Å²) in [5.41, 5.74) is 6.81. The van der Waals surface area contributed by atoms with Gasteiger partial charge in [0.15, 0.2) is 0 Å². The molecule has 0 bridgehead atoms. The molecular formula is C8H18NNaO4S. The predicted molar refractivity (Wildman–Crippen MR) is 61.2 cm³/mol. The Morgan fingerprint density at radius 1 is 1.40 bits per heavy atom. The number of allylic oxidation sites excluding steroid dienone is 2. The van der Waals surface area contributed by atoms with Gasteiger partial charge in [0.25, 0.3) is 0 Å². The summed E-state index contributed by atoms with van der Waals surface area (Å²) < 4.78 is 32.8. The Kier molecular flexibility index (Phi) is 12.9. The van der Waals surface area contributed by atoms with Crippen LogP contribution in [0.2, 0.25) is 3.67 Å². The van der Waals surface area contributed by atoms with E-state index in [1.54, 1.807) is 0 Å². The van der Waals surface area contributed by atoms with Gasteiger partial charge in [0, 0.05) is 0 Å². The van der Waals surface area contributed by atoms with Crippen molar-refractivity contribution in [1.82, 2.24) is 0 Å². The maximum atomic E-state index is 8.74. The molecule has 0 rings (SSSR count). The summed E-state index contributed by atoms with van der Waals surface area (Å²) in [5.74, 6) is 0. The Labute approximate surface area is 109 Å². The molecule has 0 radical (unpaired) electrons. The van der Waals surface area contributed by atoms with Crippen LogP contribution >= 0.6 is 0 Å². The van der Waals surface area contributed by atoms with E-state index in [-0.39, 0.29) is 0 Å². The fourth-order valence-electron chi connectivity index (χ4n) is 0.943. The number of nitrogens with two attached hydrogens (primary N) is 1. The first kappa shape index (κ1) is 17.8. The zero-order valence-corrected chi connectivity index (χ0v) is 12.1. The zero-order valence-electron chi connectivity index (χ0n) is 9.31. The van der Waals surface area contributed by atoms with Gasteiger partial charge >= 0.3 is 92.1 Å². The molecule has 0 atom stereocenters. The third kappa shape index (κ3) is 31.4. The Bertz CT molecular complexity index is 256. The zero-order chi connectivity index (χ0) is 12.3. The van der Waals surface area contributed by atoms with Gasteiger partial charge in [-0.1, -0.05) is 0 Å². The first-order valence-electron chi connectivity index (χ1n) is 4.95. The van der Waals surface area contributed by atoms with Crippen LogP contribution in [0.1, 0.15) is 32.6 Å². The minimum atomic E-state index is -4.67. The van der Waals surface area contributed by atoms with Gasteiger partial charge in [0.1, 0.15) is 0 Å². The van der Waals surface area contributed by atoms with Crippen LogP contribution in [-0.4, -0.2) is 45.5 Å². The van der Waals surface area contributed by atoms with E-state index < -0.39 is 10.4 Å². The Morgan fingerprint density at radius 2 is 1.87 bits per heavy atom. The van der Waals surface area contributed by atoms with Gasteiger partial charge in [-0.15, -0.1) is 0 Å². The van der Waals surface area contributed by atoms with Gasteiger partial charge in [-0.25, -0.2) is 0 Å². The summed E-state index contributed by atoms with van der Waals surface area (Å²) in [6.07, 6.45) is 7.14. The van der Waals surface area contributed by atoms with E-state index in [0.717, 1.165) is 12.1 Å². The Morgan fingerprint density at radius 3 is 2.20 bits per heavy atom. The van der Waals surface area contributed by atoms with Crippen molar-refractivity contribution in [1.29, 1.82) is 0 Å². The smallest absolute Gasteiger partial charge is 0.264 e. The third-order valence-electron chi connectivity index (χ3n) is 1.54. The molecule has 5 nitrogen and oxygen atoms in total. The maximum Gasteiger partial charge on any atom is 0.394 e. The average molecular weight is 247 g/mol. The van der Waals surface area contributed by atoms with Gasteiger partial charge in [-0.05, 0) is 0 Å². The summed E-state index contributed by atoms with van der Waals surface area (Å²) in [6, 6.07) is 0. The molecule has 86 valence electrons. The van der Waals surface area contributed by atoms with Gasteiger partial charge in [-0.3, -0.25) is 9.11 Å². The topological polar surface area (TPSA) is 101 Å². The molecule has 0 spiro atoms. The second kappa shape index (κ2) is 10.9. The van der Waals surface area contributed by atoms with Crippen LogP contribution in [0.5, 0.6) is 0 Å². The van der Waals surface area contributed by atoms with Crippen molar-refractivity contribution in [2.24, 2.45) is 5.73 Å². The molecule has 0 aliphatic rings. The molecule has 0 unspecified atom stereocenters. The minimum Gasteiger partial charge on any atom is -0.264 e. The first-order chi connectivity index (χ1) is 6.81. The normalized spacial score (nSPS) is 11.9. The largest absolute Gasteiger partial charge is 0.394 e. The van der Waals surface area contributed by atoms with Crippen molar-refractivity contribution in [2.75, 3.05) is 0 Å². The van der Waals surface area contributed by atoms with Crippen LogP contribution in [0, 0.1) is 0 Å². The number of unbranched alkanes of at least 4 members (excludes halogenated alkanes) is 2. The maximum absolute atomic E-state index is 8.74. The van der Waals surface area contributed by atoms with E-state index in [1.165, 1.54) is 50.9 Å². The van der Waals surface area contributed by atoms with Crippen molar-refractivity contribution in [3.05, 3.63) is 11.8 Å². The monoisotopic (exact) mass is 247 g/mol. The van der Waals surface area contributed by atoms with E-state index in [9.17, 15) is 0 Å². The second-order valence-corrected chi connectivity index (χ2v) is 4.80. The number of rotatable bonds is 5. The molecule has 0 aliphatic carbocycles. The van der Waals surface area contributed by atoms with Crippen molar-refractivity contribution in [3.63, 3.8) is 0 Å². The Hall–Kier alpha value is 0.410. The fraction of sp³-hybridized carbons (Fsp3) is 0.750. The standard InChI is InChI=1S/C8H16N.Na.H2O4S/c1-3-5-6-7-8(9)4-2;;1-5(2,3)4/h4H,2-3,5-7,9H2,1H3;;(H2,1,2,3,4). The fourth-order valence-corrected chi connectivity index (χ4v) is 1.47. The summed E-state index contributed by atoms with van der Waals surface area (Å²) >= 11 is 1.24. The molecule has 0 saturated heterocycles. The van der Waals surface area contributed by atoms with Crippen molar-refractivity contribution < 1.29 is 17.5 Å². The molecule has 0 aromatic carbocycles.